The van der Waals surface area contributed by atoms with E-state index < -0.39 is 6.10 Å². The molecule has 8 heteroatoms. The maximum atomic E-state index is 10.3. The van der Waals surface area contributed by atoms with Crippen molar-refractivity contribution in [3.8, 4) is 0 Å². The van der Waals surface area contributed by atoms with Crippen molar-refractivity contribution in [3.05, 3.63) is 36.9 Å². The van der Waals surface area contributed by atoms with Gasteiger partial charge in [0.15, 0.2) is 0 Å². The molecule has 1 unspecified atom stereocenters. The molecule has 26 heavy (non-hydrogen) atoms. The van der Waals surface area contributed by atoms with Crippen LogP contribution in [0.1, 0.15) is 56.6 Å². The first kappa shape index (κ1) is 15.5. The molecule has 0 aliphatic heterocycles. The highest BCUT2D eigenvalue weighted by Gasteiger charge is 2.28. The predicted octanol–water partition coefficient (Wildman–Crippen LogP) is 2.91. The second-order valence-electron chi connectivity index (χ2n) is 7.12. The van der Waals surface area contributed by atoms with Crippen LogP contribution in [-0.4, -0.2) is 39.4 Å². The van der Waals surface area contributed by atoms with E-state index in [9.17, 15) is 5.11 Å². The molecule has 0 amide bonds. The van der Waals surface area contributed by atoms with E-state index in [0.29, 0.717) is 12.1 Å². The quantitative estimate of drug-likeness (QED) is 0.591. The number of aliphatic hydroxyl groups is 1. The van der Waals surface area contributed by atoms with Crippen LogP contribution in [0.2, 0.25) is 0 Å². The molecule has 0 aromatic carbocycles. The van der Waals surface area contributed by atoms with E-state index in [1.165, 1.54) is 0 Å². The zero-order valence-electron chi connectivity index (χ0n) is 14.6. The van der Waals surface area contributed by atoms with E-state index in [2.05, 4.69) is 29.3 Å². The molecule has 4 heterocycles. The van der Waals surface area contributed by atoms with Gasteiger partial charge in [0.2, 0.25) is 0 Å². The van der Waals surface area contributed by atoms with Crippen LogP contribution in [-0.2, 0) is 0 Å². The number of nitrogens with zero attached hydrogens (tertiary/aromatic N) is 6. The summed E-state index contributed by atoms with van der Waals surface area (Å²) in [6.45, 7) is 1.78. The molecule has 0 bridgehead atoms. The van der Waals surface area contributed by atoms with Gasteiger partial charge in [-0.25, -0.2) is 9.97 Å². The standard InChI is InChI=1S/C18H21N7O/c1-11(26)18-23-15-8-20-17-14(6-7-19-17)16(15)25(18)13-4-2-12(3-5-13)24-9-21-22-10-24/h6-13,26H,2-5H2,1H3,(H,19,20). The third-order valence-electron chi connectivity index (χ3n) is 5.52. The topological polar surface area (TPSA) is 97.4 Å². The summed E-state index contributed by atoms with van der Waals surface area (Å²) < 4.78 is 4.35. The van der Waals surface area contributed by atoms with Gasteiger partial charge >= 0.3 is 0 Å². The van der Waals surface area contributed by atoms with Crippen molar-refractivity contribution in [2.24, 2.45) is 0 Å². The molecule has 5 rings (SSSR count). The highest BCUT2D eigenvalue weighted by atomic mass is 16.3. The first-order chi connectivity index (χ1) is 12.7. The average Bonchev–Trinajstić information content (AvgIpc) is 3.39. The average molecular weight is 351 g/mol. The Hall–Kier alpha value is -2.74. The van der Waals surface area contributed by atoms with Gasteiger partial charge < -0.3 is 19.2 Å². The van der Waals surface area contributed by atoms with Gasteiger partial charge in [0, 0.05) is 23.7 Å². The number of nitrogens with one attached hydrogen (secondary N) is 1. The molecule has 4 aromatic heterocycles. The lowest BCUT2D eigenvalue weighted by Gasteiger charge is -2.31. The molecule has 1 aliphatic carbocycles. The second kappa shape index (κ2) is 5.91. The van der Waals surface area contributed by atoms with Gasteiger partial charge in [-0.3, -0.25) is 0 Å². The number of H-pyrrole nitrogens is 1. The Morgan fingerprint density at radius 2 is 1.88 bits per heavy atom. The fourth-order valence-corrected chi connectivity index (χ4v) is 4.29. The highest BCUT2D eigenvalue weighted by molar-refractivity contribution is 6.01. The number of aliphatic hydroxyl groups excluding tert-OH is 1. The zero-order chi connectivity index (χ0) is 17.7. The fraction of sp³-hybridized carbons (Fsp3) is 0.444. The van der Waals surface area contributed by atoms with Crippen molar-refractivity contribution in [3.63, 3.8) is 0 Å². The van der Waals surface area contributed by atoms with Crippen LogP contribution < -0.4 is 0 Å². The Balaban J connectivity index is 1.57. The van der Waals surface area contributed by atoms with Crippen LogP contribution in [0.3, 0.4) is 0 Å². The number of pyridine rings is 1. The Labute approximate surface area is 149 Å². The molecule has 1 aliphatic rings. The summed E-state index contributed by atoms with van der Waals surface area (Å²) in [7, 11) is 0. The lowest BCUT2D eigenvalue weighted by Crippen LogP contribution is -2.22. The lowest BCUT2D eigenvalue weighted by molar-refractivity contribution is 0.175. The van der Waals surface area contributed by atoms with Gasteiger partial charge in [0.1, 0.15) is 35.7 Å². The summed E-state index contributed by atoms with van der Waals surface area (Å²) in [5, 5.41) is 19.2. The number of aromatic amines is 1. The van der Waals surface area contributed by atoms with Gasteiger partial charge in [0.25, 0.3) is 0 Å². The maximum absolute atomic E-state index is 10.3. The van der Waals surface area contributed by atoms with Crippen LogP contribution in [0.25, 0.3) is 22.1 Å². The first-order valence-electron chi connectivity index (χ1n) is 9.08. The van der Waals surface area contributed by atoms with Crippen molar-refractivity contribution in [1.82, 2.24) is 34.3 Å². The minimum Gasteiger partial charge on any atom is -0.385 e. The van der Waals surface area contributed by atoms with Crippen molar-refractivity contribution in [2.45, 2.75) is 50.8 Å². The van der Waals surface area contributed by atoms with Crippen LogP contribution >= 0.6 is 0 Å². The van der Waals surface area contributed by atoms with E-state index >= 15 is 0 Å². The summed E-state index contributed by atoms with van der Waals surface area (Å²) in [5.41, 5.74) is 2.77. The molecule has 1 atom stereocenters. The largest absolute Gasteiger partial charge is 0.385 e. The number of rotatable bonds is 3. The lowest BCUT2D eigenvalue weighted by atomic mass is 9.90. The summed E-state index contributed by atoms with van der Waals surface area (Å²) >= 11 is 0. The highest BCUT2D eigenvalue weighted by Crippen LogP contribution is 2.39. The smallest absolute Gasteiger partial charge is 0.139 e. The molecule has 0 radical (unpaired) electrons. The fourth-order valence-electron chi connectivity index (χ4n) is 4.29. The summed E-state index contributed by atoms with van der Waals surface area (Å²) in [6.07, 6.45) is 10.9. The molecule has 0 spiro atoms. The molecule has 1 fully saturated rings. The van der Waals surface area contributed by atoms with Crippen LogP contribution in [0.5, 0.6) is 0 Å². The first-order valence-corrected chi connectivity index (χ1v) is 9.08. The number of aromatic nitrogens is 7. The Kier molecular flexibility index (Phi) is 3.53. The molecule has 8 nitrogen and oxygen atoms in total. The maximum Gasteiger partial charge on any atom is 0.139 e. The minimum absolute atomic E-state index is 0.317. The van der Waals surface area contributed by atoms with Crippen molar-refractivity contribution >= 4 is 22.1 Å². The molecule has 1 saturated carbocycles. The van der Waals surface area contributed by atoms with Gasteiger partial charge in [0.05, 0.1) is 11.7 Å². The van der Waals surface area contributed by atoms with E-state index in [1.807, 2.05) is 12.3 Å². The third-order valence-corrected chi connectivity index (χ3v) is 5.52. The van der Waals surface area contributed by atoms with E-state index in [1.54, 1.807) is 25.8 Å². The second-order valence-corrected chi connectivity index (χ2v) is 7.12. The molecule has 0 saturated heterocycles. The van der Waals surface area contributed by atoms with Crippen LogP contribution in [0.15, 0.2) is 31.1 Å². The molecular weight excluding hydrogens is 330 g/mol. The predicted molar refractivity (Wildman–Crippen MR) is 96.6 cm³/mol. The van der Waals surface area contributed by atoms with E-state index in [4.69, 9.17) is 4.98 Å². The molecule has 4 aromatic rings. The van der Waals surface area contributed by atoms with Crippen LogP contribution in [0, 0.1) is 0 Å². The van der Waals surface area contributed by atoms with Gasteiger partial charge in [-0.2, -0.15) is 0 Å². The van der Waals surface area contributed by atoms with E-state index in [0.717, 1.165) is 53.6 Å². The Bertz CT molecular complexity index is 1040. The molecule has 134 valence electrons. The summed E-state index contributed by atoms with van der Waals surface area (Å²) in [5.74, 6) is 0.725. The van der Waals surface area contributed by atoms with Crippen molar-refractivity contribution < 1.29 is 5.11 Å². The third kappa shape index (κ3) is 2.33. The Morgan fingerprint density at radius 1 is 1.15 bits per heavy atom. The van der Waals surface area contributed by atoms with Crippen LogP contribution in [0.4, 0.5) is 0 Å². The van der Waals surface area contributed by atoms with Gasteiger partial charge in [-0.05, 0) is 38.7 Å². The SMILES string of the molecule is CC(O)c1nc2cnc3[nH]ccc3c2n1C1CCC(n2cnnc2)CC1. The normalized spacial score (nSPS) is 22.2. The zero-order valence-corrected chi connectivity index (χ0v) is 14.6. The van der Waals surface area contributed by atoms with Crippen molar-refractivity contribution in [2.75, 3.05) is 0 Å². The molecular formula is C18H21N7O. The van der Waals surface area contributed by atoms with Gasteiger partial charge in [-0.15, -0.1) is 10.2 Å². The number of imidazole rings is 1. The van der Waals surface area contributed by atoms with Gasteiger partial charge in [-0.1, -0.05) is 0 Å². The monoisotopic (exact) mass is 351 g/mol. The number of hydrogen-bond acceptors (Lipinski definition) is 5. The molecule has 2 N–H and O–H groups in total. The van der Waals surface area contributed by atoms with E-state index in [-0.39, 0.29) is 0 Å². The minimum atomic E-state index is -0.619. The Morgan fingerprint density at radius 3 is 2.62 bits per heavy atom. The number of hydrogen-bond donors (Lipinski definition) is 2. The summed E-state index contributed by atoms with van der Waals surface area (Å²) in [6, 6.07) is 2.80. The number of fused-ring (bicyclic) bond motifs is 3. The van der Waals surface area contributed by atoms with Crippen molar-refractivity contribution in [1.29, 1.82) is 0 Å². The summed E-state index contributed by atoms with van der Waals surface area (Å²) in [4.78, 5) is 12.3.